The summed E-state index contributed by atoms with van der Waals surface area (Å²) in [5, 5.41) is 11.9. The first kappa shape index (κ1) is 14.5. The monoisotopic (exact) mass is 320 g/mol. The Balaban J connectivity index is 1.83. The van der Waals surface area contributed by atoms with Gasteiger partial charge in [0.1, 0.15) is 0 Å². The SMILES string of the molecule is CCOC(=O)c1cn(Cc2cn3nccc(CCl)c3n2)nn1. The van der Waals surface area contributed by atoms with Gasteiger partial charge in [0.15, 0.2) is 11.3 Å². The van der Waals surface area contributed by atoms with E-state index in [0.29, 0.717) is 24.7 Å². The van der Waals surface area contributed by atoms with Crippen LogP contribution in [0.1, 0.15) is 28.7 Å². The third kappa shape index (κ3) is 2.77. The van der Waals surface area contributed by atoms with Crippen molar-refractivity contribution < 1.29 is 9.53 Å². The van der Waals surface area contributed by atoms with Crippen molar-refractivity contribution in [3.63, 3.8) is 0 Å². The van der Waals surface area contributed by atoms with Gasteiger partial charge in [-0.3, -0.25) is 0 Å². The summed E-state index contributed by atoms with van der Waals surface area (Å²) in [6, 6.07) is 1.83. The molecular formula is C13H13ClN6O2. The number of aromatic nitrogens is 6. The lowest BCUT2D eigenvalue weighted by atomic mass is 10.3. The first-order chi connectivity index (χ1) is 10.7. The molecule has 0 aromatic carbocycles. The van der Waals surface area contributed by atoms with E-state index < -0.39 is 5.97 Å². The Morgan fingerprint density at radius 3 is 3.05 bits per heavy atom. The molecule has 0 saturated carbocycles. The predicted molar refractivity (Wildman–Crippen MR) is 77.6 cm³/mol. The molecule has 3 aromatic rings. The van der Waals surface area contributed by atoms with Crippen LogP contribution in [-0.2, 0) is 17.2 Å². The minimum Gasteiger partial charge on any atom is -0.461 e. The number of fused-ring (bicyclic) bond motifs is 1. The van der Waals surface area contributed by atoms with E-state index in [2.05, 4.69) is 20.4 Å². The number of rotatable bonds is 5. The molecule has 0 amide bonds. The van der Waals surface area contributed by atoms with Crippen molar-refractivity contribution in [2.75, 3.05) is 6.61 Å². The fourth-order valence-electron chi connectivity index (χ4n) is 2.02. The zero-order chi connectivity index (χ0) is 15.5. The zero-order valence-electron chi connectivity index (χ0n) is 11.8. The summed E-state index contributed by atoms with van der Waals surface area (Å²) in [5.74, 6) is -0.131. The summed E-state index contributed by atoms with van der Waals surface area (Å²) in [4.78, 5) is 16.0. The molecule has 22 heavy (non-hydrogen) atoms. The number of nitrogens with zero attached hydrogens (tertiary/aromatic N) is 6. The second kappa shape index (κ2) is 6.10. The first-order valence-electron chi connectivity index (χ1n) is 6.66. The molecule has 0 bridgehead atoms. The topological polar surface area (TPSA) is 87.2 Å². The van der Waals surface area contributed by atoms with Crippen molar-refractivity contribution in [3.8, 4) is 0 Å². The second-order valence-corrected chi connectivity index (χ2v) is 4.78. The van der Waals surface area contributed by atoms with Gasteiger partial charge in [-0.15, -0.1) is 16.7 Å². The average Bonchev–Trinajstić information content (AvgIpc) is 3.13. The predicted octanol–water partition coefficient (Wildman–Crippen LogP) is 1.28. The molecule has 9 heteroatoms. The van der Waals surface area contributed by atoms with Crippen LogP contribution in [0.15, 0.2) is 24.7 Å². The summed E-state index contributed by atoms with van der Waals surface area (Å²) in [6.07, 6.45) is 4.99. The lowest BCUT2D eigenvalue weighted by Gasteiger charge is -1.96. The standard InChI is InChI=1S/C13H13ClN6O2/c1-2-22-13(21)11-8-19(18-17-11)6-10-7-20-12(16-10)9(5-14)3-4-15-20/h3-4,7-8H,2,5-6H2,1H3. The summed E-state index contributed by atoms with van der Waals surface area (Å²) in [5.41, 5.74) is 2.52. The quantitative estimate of drug-likeness (QED) is 0.520. The van der Waals surface area contributed by atoms with Gasteiger partial charge in [-0.2, -0.15) is 5.10 Å². The molecule has 0 saturated heterocycles. The summed E-state index contributed by atoms with van der Waals surface area (Å²) in [7, 11) is 0. The van der Waals surface area contributed by atoms with Crippen LogP contribution in [0.5, 0.6) is 0 Å². The van der Waals surface area contributed by atoms with Crippen molar-refractivity contribution in [2.45, 2.75) is 19.3 Å². The molecule has 0 unspecified atom stereocenters. The highest BCUT2D eigenvalue weighted by Crippen LogP contribution is 2.12. The van der Waals surface area contributed by atoms with E-state index in [4.69, 9.17) is 16.3 Å². The average molecular weight is 321 g/mol. The molecule has 3 rings (SSSR count). The molecule has 0 aliphatic carbocycles. The summed E-state index contributed by atoms with van der Waals surface area (Å²) in [6.45, 7) is 2.41. The smallest absolute Gasteiger partial charge is 0.360 e. The van der Waals surface area contributed by atoms with Crippen LogP contribution in [0.3, 0.4) is 0 Å². The highest BCUT2D eigenvalue weighted by molar-refractivity contribution is 6.17. The molecule has 0 aliphatic heterocycles. The van der Waals surface area contributed by atoms with E-state index in [-0.39, 0.29) is 5.69 Å². The van der Waals surface area contributed by atoms with Crippen molar-refractivity contribution >= 4 is 23.2 Å². The minimum absolute atomic E-state index is 0.171. The van der Waals surface area contributed by atoms with Crippen molar-refractivity contribution in [3.05, 3.63) is 41.6 Å². The molecule has 8 nitrogen and oxygen atoms in total. The number of esters is 1. The van der Waals surface area contributed by atoms with E-state index in [1.54, 1.807) is 23.8 Å². The maximum atomic E-state index is 11.6. The normalized spacial score (nSPS) is 11.0. The molecule has 0 radical (unpaired) electrons. The van der Waals surface area contributed by atoms with E-state index in [9.17, 15) is 4.79 Å². The van der Waals surface area contributed by atoms with Crippen LogP contribution >= 0.6 is 11.6 Å². The van der Waals surface area contributed by atoms with Gasteiger partial charge < -0.3 is 4.74 Å². The Kier molecular flexibility index (Phi) is 4.01. The van der Waals surface area contributed by atoms with Gasteiger partial charge in [0.05, 0.1) is 37.1 Å². The fourth-order valence-corrected chi connectivity index (χ4v) is 2.22. The Morgan fingerprint density at radius 1 is 1.41 bits per heavy atom. The number of hydrogen-bond acceptors (Lipinski definition) is 6. The third-order valence-corrected chi connectivity index (χ3v) is 3.27. The second-order valence-electron chi connectivity index (χ2n) is 4.51. The van der Waals surface area contributed by atoms with Crippen molar-refractivity contribution in [1.82, 2.24) is 29.6 Å². The zero-order valence-corrected chi connectivity index (χ0v) is 12.6. The molecular weight excluding hydrogens is 308 g/mol. The van der Waals surface area contributed by atoms with Gasteiger partial charge in [-0.1, -0.05) is 5.21 Å². The van der Waals surface area contributed by atoms with Gasteiger partial charge >= 0.3 is 5.97 Å². The Morgan fingerprint density at radius 2 is 2.27 bits per heavy atom. The number of carbonyl (C=O) groups excluding carboxylic acids is 1. The number of hydrogen-bond donors (Lipinski definition) is 0. The fraction of sp³-hybridized carbons (Fsp3) is 0.308. The summed E-state index contributed by atoms with van der Waals surface area (Å²) < 4.78 is 8.06. The largest absolute Gasteiger partial charge is 0.461 e. The van der Waals surface area contributed by atoms with E-state index in [0.717, 1.165) is 11.3 Å². The van der Waals surface area contributed by atoms with Crippen LogP contribution in [0.25, 0.3) is 5.65 Å². The number of imidazole rings is 1. The van der Waals surface area contributed by atoms with Crippen LogP contribution in [-0.4, -0.2) is 42.2 Å². The van der Waals surface area contributed by atoms with Gasteiger partial charge in [0.2, 0.25) is 0 Å². The van der Waals surface area contributed by atoms with Gasteiger partial charge in [0, 0.05) is 11.8 Å². The number of alkyl halides is 1. The first-order valence-corrected chi connectivity index (χ1v) is 7.20. The van der Waals surface area contributed by atoms with Gasteiger partial charge in [-0.25, -0.2) is 19.0 Å². The third-order valence-electron chi connectivity index (χ3n) is 2.98. The molecule has 114 valence electrons. The minimum atomic E-state index is -0.491. The van der Waals surface area contributed by atoms with Gasteiger partial charge in [-0.05, 0) is 13.0 Å². The highest BCUT2D eigenvalue weighted by Gasteiger charge is 2.13. The highest BCUT2D eigenvalue weighted by atomic mass is 35.5. The van der Waals surface area contributed by atoms with E-state index in [1.807, 2.05) is 6.07 Å². The maximum absolute atomic E-state index is 11.6. The van der Waals surface area contributed by atoms with E-state index >= 15 is 0 Å². The molecule has 0 spiro atoms. The number of ether oxygens (including phenoxy) is 1. The molecule has 0 aliphatic rings. The van der Waals surface area contributed by atoms with Gasteiger partial charge in [0.25, 0.3) is 0 Å². The number of carbonyl (C=O) groups is 1. The maximum Gasteiger partial charge on any atom is 0.360 e. The van der Waals surface area contributed by atoms with Crippen LogP contribution in [0, 0.1) is 0 Å². The van der Waals surface area contributed by atoms with Crippen molar-refractivity contribution in [2.24, 2.45) is 0 Å². The molecule has 3 heterocycles. The molecule has 3 aromatic heterocycles. The molecule has 0 fully saturated rings. The lowest BCUT2D eigenvalue weighted by Crippen LogP contribution is -2.05. The van der Waals surface area contributed by atoms with Crippen molar-refractivity contribution in [1.29, 1.82) is 0 Å². The Bertz CT molecular complexity index is 812. The Hall–Kier alpha value is -2.48. The van der Waals surface area contributed by atoms with Crippen LogP contribution in [0.4, 0.5) is 0 Å². The Labute approximate surface area is 130 Å². The van der Waals surface area contributed by atoms with Crippen LogP contribution < -0.4 is 0 Å². The van der Waals surface area contributed by atoms with Crippen LogP contribution in [0.2, 0.25) is 0 Å². The summed E-state index contributed by atoms with van der Waals surface area (Å²) >= 11 is 5.88. The molecule has 0 atom stereocenters. The lowest BCUT2D eigenvalue weighted by molar-refractivity contribution is 0.0519. The van der Waals surface area contributed by atoms with E-state index in [1.165, 1.54) is 10.9 Å². The molecule has 0 N–H and O–H groups in total. The number of halogens is 1.